The standard InChI is InChI=1S/CHClF2.CH3Cl/c2-1(3)4;1-2/h1H;1H3. The van der Waals surface area contributed by atoms with Gasteiger partial charge in [0.25, 0.3) is 0 Å². The van der Waals surface area contributed by atoms with Gasteiger partial charge in [0.2, 0.25) is 0 Å². The second-order valence-electron chi connectivity index (χ2n) is 0.247. The van der Waals surface area contributed by atoms with Crippen molar-refractivity contribution < 1.29 is 8.78 Å². The van der Waals surface area contributed by atoms with E-state index in [1.807, 2.05) is 0 Å². The van der Waals surface area contributed by atoms with Gasteiger partial charge in [0.05, 0.1) is 0 Å². The summed E-state index contributed by atoms with van der Waals surface area (Å²) in [5, 5.41) is 0. The molecule has 0 radical (unpaired) electrons. The van der Waals surface area contributed by atoms with Crippen LogP contribution in [-0.2, 0) is 0 Å². The molecule has 4 heteroatoms. The Hall–Kier alpha value is 0.440. The van der Waals surface area contributed by atoms with Crippen molar-refractivity contribution in [3.8, 4) is 0 Å². The van der Waals surface area contributed by atoms with Gasteiger partial charge < -0.3 is 0 Å². The summed E-state index contributed by atoms with van der Waals surface area (Å²) in [5.41, 5.74) is 0. The first kappa shape index (κ1) is 9.67. The Balaban J connectivity index is 0. The van der Waals surface area contributed by atoms with Crippen LogP contribution in [0.4, 0.5) is 8.78 Å². The van der Waals surface area contributed by atoms with Crippen LogP contribution in [0, 0.1) is 0 Å². The first-order valence-corrected chi connectivity index (χ1v) is 2.22. The van der Waals surface area contributed by atoms with Gasteiger partial charge in [-0.15, -0.1) is 11.6 Å². The van der Waals surface area contributed by atoms with Crippen LogP contribution < -0.4 is 0 Å². The molecule has 0 aliphatic carbocycles. The Kier molecular flexibility index (Phi) is 14.6. The first-order valence-electron chi connectivity index (χ1n) is 1.03. The predicted molar refractivity (Wildman–Crippen MR) is 23.6 cm³/mol. The third-order valence-electron chi connectivity index (χ3n) is 0. The van der Waals surface area contributed by atoms with Crippen LogP contribution in [0.3, 0.4) is 0 Å². The van der Waals surface area contributed by atoms with Crippen molar-refractivity contribution in [3.05, 3.63) is 0 Å². The van der Waals surface area contributed by atoms with Crippen LogP contribution in [0.15, 0.2) is 0 Å². The van der Waals surface area contributed by atoms with E-state index < -0.39 is 5.88 Å². The molecule has 0 aromatic heterocycles. The molecule has 0 N–H and O–H groups in total. The fourth-order valence-corrected chi connectivity index (χ4v) is 0. The van der Waals surface area contributed by atoms with Gasteiger partial charge in [0, 0.05) is 6.38 Å². The molecular weight excluding hydrogens is 133 g/mol. The van der Waals surface area contributed by atoms with Crippen molar-refractivity contribution >= 4 is 23.2 Å². The van der Waals surface area contributed by atoms with Gasteiger partial charge >= 0.3 is 5.88 Å². The molecule has 0 aromatic carbocycles. The maximum Gasteiger partial charge on any atom is 0.312 e. The van der Waals surface area contributed by atoms with Gasteiger partial charge in [0.15, 0.2) is 0 Å². The molecule has 6 heavy (non-hydrogen) atoms. The molecular formula is C2H4Cl2F2. The summed E-state index contributed by atoms with van der Waals surface area (Å²) < 4.78 is 20.2. The highest BCUT2D eigenvalue weighted by molar-refractivity contribution is 6.18. The quantitative estimate of drug-likeness (QED) is 0.449. The number of hydrogen-bond acceptors (Lipinski definition) is 0. The minimum atomic E-state index is -2.69. The van der Waals surface area contributed by atoms with Crippen LogP contribution in [0.1, 0.15) is 0 Å². The van der Waals surface area contributed by atoms with E-state index in [0.29, 0.717) is 0 Å². The summed E-state index contributed by atoms with van der Waals surface area (Å²) in [5.74, 6) is -2.69. The lowest BCUT2D eigenvalue weighted by atomic mass is 11.7. The lowest BCUT2D eigenvalue weighted by Gasteiger charge is -1.66. The van der Waals surface area contributed by atoms with Crippen molar-refractivity contribution in [2.24, 2.45) is 0 Å². The normalized spacial score (nSPS) is 7.00. The summed E-state index contributed by atoms with van der Waals surface area (Å²) in [4.78, 5) is 0. The Morgan fingerprint density at radius 2 is 1.33 bits per heavy atom. The SMILES string of the molecule is CCl.FC(F)Cl. The third kappa shape index (κ3) is 271. The Morgan fingerprint density at radius 1 is 1.33 bits per heavy atom. The average molecular weight is 137 g/mol. The third-order valence-corrected chi connectivity index (χ3v) is 0. The summed E-state index contributed by atoms with van der Waals surface area (Å²) in [6, 6.07) is 0. The van der Waals surface area contributed by atoms with E-state index in [9.17, 15) is 8.78 Å². The predicted octanol–water partition coefficient (Wildman–Crippen LogP) is 2.30. The zero-order valence-corrected chi connectivity index (χ0v) is 4.60. The summed E-state index contributed by atoms with van der Waals surface area (Å²) in [6.07, 6.45) is 1.47. The molecule has 0 spiro atoms. The number of halogens is 4. The molecule has 0 rings (SSSR count). The highest BCUT2D eigenvalue weighted by Gasteiger charge is 1.83. The van der Waals surface area contributed by atoms with Gasteiger partial charge in [-0.25, -0.2) is 0 Å². The molecule has 0 aliphatic rings. The largest absolute Gasteiger partial charge is 0.312 e. The molecule has 0 nitrogen and oxygen atoms in total. The molecule has 40 valence electrons. The Morgan fingerprint density at radius 3 is 1.33 bits per heavy atom. The molecule has 0 aliphatic heterocycles. The van der Waals surface area contributed by atoms with Gasteiger partial charge in [-0.1, -0.05) is 11.6 Å². The van der Waals surface area contributed by atoms with E-state index in [4.69, 9.17) is 0 Å². The van der Waals surface area contributed by atoms with E-state index >= 15 is 0 Å². The van der Waals surface area contributed by atoms with E-state index in [1.165, 1.54) is 6.38 Å². The van der Waals surface area contributed by atoms with E-state index in [2.05, 4.69) is 23.2 Å². The summed E-state index contributed by atoms with van der Waals surface area (Å²) >= 11 is 8.58. The highest BCUT2D eigenvalue weighted by atomic mass is 35.5. The molecule has 0 unspecified atom stereocenters. The molecule has 0 heterocycles. The van der Waals surface area contributed by atoms with Gasteiger partial charge in [-0.3, -0.25) is 0 Å². The molecule has 0 bridgehead atoms. The number of hydrogen-bond donors (Lipinski definition) is 0. The average Bonchev–Trinajstić information content (AvgIpc) is 1.41. The Bertz CT molecular complexity index is 14.3. The van der Waals surface area contributed by atoms with Crippen LogP contribution >= 0.6 is 23.2 Å². The minimum absolute atomic E-state index is 1.47. The zero-order valence-electron chi connectivity index (χ0n) is 3.09. The van der Waals surface area contributed by atoms with Gasteiger partial charge in [0.1, 0.15) is 0 Å². The van der Waals surface area contributed by atoms with Crippen molar-refractivity contribution in [1.82, 2.24) is 0 Å². The topological polar surface area (TPSA) is 0 Å². The summed E-state index contributed by atoms with van der Waals surface area (Å²) in [7, 11) is 0. The van der Waals surface area contributed by atoms with E-state index in [0.717, 1.165) is 0 Å². The van der Waals surface area contributed by atoms with Gasteiger partial charge in [-0.2, -0.15) is 8.78 Å². The molecule has 0 fully saturated rings. The van der Waals surface area contributed by atoms with Crippen LogP contribution in [0.25, 0.3) is 0 Å². The van der Waals surface area contributed by atoms with E-state index in [-0.39, 0.29) is 0 Å². The minimum Gasteiger partial charge on any atom is -0.192 e. The van der Waals surface area contributed by atoms with Gasteiger partial charge in [-0.05, 0) is 0 Å². The fraction of sp³-hybridized carbons (Fsp3) is 1.00. The van der Waals surface area contributed by atoms with Crippen LogP contribution in [0.2, 0.25) is 0 Å². The molecule has 0 saturated carbocycles. The molecule has 0 aromatic rings. The van der Waals surface area contributed by atoms with Crippen molar-refractivity contribution in [2.75, 3.05) is 6.38 Å². The highest BCUT2D eigenvalue weighted by Crippen LogP contribution is 1.93. The monoisotopic (exact) mass is 136 g/mol. The van der Waals surface area contributed by atoms with E-state index in [1.54, 1.807) is 0 Å². The van der Waals surface area contributed by atoms with Crippen LogP contribution in [-0.4, -0.2) is 12.3 Å². The first-order chi connectivity index (χ1) is 2.73. The lowest BCUT2D eigenvalue weighted by molar-refractivity contribution is 0.243. The van der Waals surface area contributed by atoms with Crippen molar-refractivity contribution in [3.63, 3.8) is 0 Å². The molecule has 0 amide bonds. The smallest absolute Gasteiger partial charge is 0.192 e. The number of rotatable bonds is 0. The second-order valence-corrected chi connectivity index (χ2v) is 0.577. The number of alkyl halides is 4. The second kappa shape index (κ2) is 9.06. The van der Waals surface area contributed by atoms with Crippen LogP contribution in [0.5, 0.6) is 0 Å². The lowest BCUT2D eigenvalue weighted by Crippen LogP contribution is -1.62. The molecule has 0 saturated heterocycles. The Labute approximate surface area is 45.0 Å². The maximum atomic E-state index is 10.1. The van der Waals surface area contributed by atoms with Crippen molar-refractivity contribution in [1.29, 1.82) is 0 Å². The fourth-order valence-electron chi connectivity index (χ4n) is 0. The summed E-state index contributed by atoms with van der Waals surface area (Å²) in [6.45, 7) is 0. The van der Waals surface area contributed by atoms with Crippen molar-refractivity contribution in [2.45, 2.75) is 5.88 Å². The maximum absolute atomic E-state index is 10.1. The zero-order chi connectivity index (χ0) is 5.58. The molecule has 0 atom stereocenters.